The van der Waals surface area contributed by atoms with Crippen molar-refractivity contribution in [1.82, 2.24) is 4.98 Å². The van der Waals surface area contributed by atoms with Crippen LogP contribution < -0.4 is 15.9 Å². The fourth-order valence-electron chi connectivity index (χ4n) is 4.46. The van der Waals surface area contributed by atoms with Crippen molar-refractivity contribution in [2.75, 3.05) is 5.32 Å². The minimum atomic E-state index is 0.883. The van der Waals surface area contributed by atoms with Crippen molar-refractivity contribution in [1.29, 1.82) is 0 Å². The molecule has 0 fully saturated rings. The Labute approximate surface area is 196 Å². The Hall–Kier alpha value is -4.77. The molecule has 2 N–H and O–H groups in total. The highest BCUT2D eigenvalue weighted by atomic mass is 14.9. The minimum Gasteiger partial charge on any atom is -0.355 e. The van der Waals surface area contributed by atoms with Crippen LogP contribution in [-0.4, -0.2) is 22.1 Å². The first-order chi connectivity index (χ1) is 16.7. The molecule has 5 aliphatic heterocycles. The average Bonchev–Trinajstić information content (AvgIpc) is 3.64. The Balaban J connectivity index is 1.44. The number of hydrogen-bond donors (Lipinski definition) is 2. The van der Waals surface area contributed by atoms with Crippen molar-refractivity contribution in [3.63, 3.8) is 0 Å². The van der Waals surface area contributed by atoms with Crippen LogP contribution in [0.5, 0.6) is 0 Å². The molecule has 1 aromatic carbocycles. The second kappa shape index (κ2) is 7.39. The van der Waals surface area contributed by atoms with E-state index in [1.807, 2.05) is 54.7 Å². The first-order valence-corrected chi connectivity index (χ1v) is 11.2. The highest BCUT2D eigenvalue weighted by molar-refractivity contribution is 6.20. The zero-order chi connectivity index (χ0) is 22.5. The molecule has 34 heavy (non-hydrogen) atoms. The number of nitrogens with one attached hydrogen (secondary N) is 2. The van der Waals surface area contributed by atoms with Crippen LogP contribution in [0.2, 0.25) is 0 Å². The maximum atomic E-state index is 4.79. The molecule has 5 aliphatic rings. The van der Waals surface area contributed by atoms with Gasteiger partial charge in [0.05, 0.1) is 39.6 Å². The number of allylic oxidation sites excluding steroid dienone is 8. The first-order valence-electron chi connectivity index (χ1n) is 11.2. The number of nitrogens with zero attached hydrogens (tertiary/aromatic N) is 3. The van der Waals surface area contributed by atoms with Gasteiger partial charge in [-0.2, -0.15) is 0 Å². The van der Waals surface area contributed by atoms with E-state index in [1.165, 1.54) is 5.56 Å². The predicted octanol–water partition coefficient (Wildman–Crippen LogP) is 4.20. The molecule has 1 aromatic heterocycles. The number of anilines is 1. The highest BCUT2D eigenvalue weighted by Gasteiger charge is 2.12. The number of para-hydroxylation sites is 1. The number of H-pyrrole nitrogens is 1. The van der Waals surface area contributed by atoms with Crippen molar-refractivity contribution in [3.8, 4) is 0 Å². The maximum Gasteiger partial charge on any atom is 0.0659 e. The van der Waals surface area contributed by atoms with E-state index in [0.717, 1.165) is 61.9 Å². The fourth-order valence-corrected chi connectivity index (χ4v) is 4.46. The molecular formula is C29H19N5. The van der Waals surface area contributed by atoms with E-state index in [2.05, 4.69) is 63.9 Å². The van der Waals surface area contributed by atoms with Gasteiger partial charge < -0.3 is 10.3 Å². The molecule has 0 spiro atoms. The molecule has 0 saturated carbocycles. The number of hydrogen-bond acceptors (Lipinski definition) is 4. The van der Waals surface area contributed by atoms with Crippen LogP contribution in [0, 0.1) is 0 Å². The van der Waals surface area contributed by atoms with E-state index in [0.29, 0.717) is 0 Å². The topological polar surface area (TPSA) is 64.9 Å². The number of aromatic amines is 1. The van der Waals surface area contributed by atoms with Gasteiger partial charge in [-0.3, -0.25) is 0 Å². The fraction of sp³-hybridized carbons (Fsp3) is 0. The predicted molar refractivity (Wildman–Crippen MR) is 141 cm³/mol. The Morgan fingerprint density at radius 3 is 1.97 bits per heavy atom. The van der Waals surface area contributed by atoms with E-state index < -0.39 is 0 Å². The summed E-state index contributed by atoms with van der Waals surface area (Å²) in [5, 5.41) is 5.65. The van der Waals surface area contributed by atoms with E-state index >= 15 is 0 Å². The lowest BCUT2D eigenvalue weighted by Crippen LogP contribution is -2.28. The summed E-state index contributed by atoms with van der Waals surface area (Å²) in [6, 6.07) is 10.5. The minimum absolute atomic E-state index is 0.883. The van der Waals surface area contributed by atoms with Gasteiger partial charge in [-0.15, -0.1) is 0 Å². The Morgan fingerprint density at radius 2 is 1.24 bits per heavy atom. The van der Waals surface area contributed by atoms with Crippen LogP contribution in [0.25, 0.3) is 23.9 Å². The normalized spacial score (nSPS) is 20.6. The lowest BCUT2D eigenvalue weighted by Gasteiger charge is -2.15. The molecule has 160 valence electrons. The van der Waals surface area contributed by atoms with Crippen molar-refractivity contribution in [2.24, 2.45) is 15.0 Å². The number of benzene rings is 1. The molecule has 6 heterocycles. The van der Waals surface area contributed by atoms with Gasteiger partial charge in [-0.1, -0.05) is 24.3 Å². The van der Waals surface area contributed by atoms with Gasteiger partial charge in [-0.05, 0) is 84.5 Å². The number of aliphatic imine (C=N–C) groups is 3. The second-order valence-corrected chi connectivity index (χ2v) is 8.47. The molecular weight excluding hydrogens is 418 g/mol. The third kappa shape index (κ3) is 3.40. The quantitative estimate of drug-likeness (QED) is 0.638. The van der Waals surface area contributed by atoms with Gasteiger partial charge >= 0.3 is 0 Å². The summed E-state index contributed by atoms with van der Waals surface area (Å²) in [5.74, 6) is 0. The van der Waals surface area contributed by atoms with Crippen LogP contribution in [-0.2, 0) is 0 Å². The van der Waals surface area contributed by atoms with Gasteiger partial charge in [0.15, 0.2) is 0 Å². The van der Waals surface area contributed by atoms with Crippen LogP contribution in [0.3, 0.4) is 0 Å². The Bertz CT molecular complexity index is 1700. The summed E-state index contributed by atoms with van der Waals surface area (Å²) in [6.07, 6.45) is 24.5. The summed E-state index contributed by atoms with van der Waals surface area (Å²) in [5.41, 5.74) is 9.61. The molecule has 0 unspecified atom stereocenters. The molecule has 0 atom stereocenters. The van der Waals surface area contributed by atoms with Crippen molar-refractivity contribution in [3.05, 3.63) is 124 Å². The van der Waals surface area contributed by atoms with Crippen LogP contribution in [0.15, 0.2) is 117 Å². The molecule has 2 aromatic rings. The molecule has 8 bridgehead atoms. The van der Waals surface area contributed by atoms with Crippen LogP contribution in [0.4, 0.5) is 5.69 Å². The zero-order valence-electron chi connectivity index (χ0n) is 18.2. The molecule has 5 nitrogen and oxygen atoms in total. The van der Waals surface area contributed by atoms with Crippen LogP contribution in [0.1, 0.15) is 11.3 Å². The summed E-state index contributed by atoms with van der Waals surface area (Å²) in [6.45, 7) is 0. The second-order valence-electron chi connectivity index (χ2n) is 8.47. The van der Waals surface area contributed by atoms with Crippen molar-refractivity contribution in [2.45, 2.75) is 0 Å². The van der Waals surface area contributed by atoms with E-state index in [9.17, 15) is 0 Å². The standard InChI is InChI=1S/C29H19N5/c1-2-4-27-18(3-1)5-12-28(34-27)26-16-25-15-23-9-8-21(31-23)13-19-6-7-20(30-19)14-22-10-11-24(32-22)17-29(26)33-25/h1-17,33-34H. The smallest absolute Gasteiger partial charge is 0.0659 e. The zero-order valence-corrected chi connectivity index (χ0v) is 18.2. The number of aromatic nitrogens is 1. The lowest BCUT2D eigenvalue weighted by molar-refractivity contribution is 1.28. The molecule has 0 amide bonds. The molecule has 0 aliphatic carbocycles. The average molecular weight is 438 g/mol. The Kier molecular flexibility index (Phi) is 4.08. The van der Waals surface area contributed by atoms with Gasteiger partial charge in [0.25, 0.3) is 0 Å². The third-order valence-electron chi connectivity index (χ3n) is 6.06. The first kappa shape index (κ1) is 18.8. The highest BCUT2D eigenvalue weighted by Crippen LogP contribution is 2.24. The van der Waals surface area contributed by atoms with E-state index in [-0.39, 0.29) is 0 Å². The lowest BCUT2D eigenvalue weighted by atomic mass is 10.1. The maximum absolute atomic E-state index is 4.79. The SMILES string of the molecule is C1=CC2=NC1=CC1=NC(=Cc3cc(=C4C=Cc5ccccc5N4)c([nH]3)=CC3=NC(=C2)C=C3)C=C1. The van der Waals surface area contributed by atoms with Gasteiger partial charge in [-0.25, -0.2) is 15.0 Å². The van der Waals surface area contributed by atoms with Gasteiger partial charge in [0, 0.05) is 22.3 Å². The number of fused-ring (bicyclic) bond motifs is 6. The van der Waals surface area contributed by atoms with Crippen molar-refractivity contribution < 1.29 is 0 Å². The van der Waals surface area contributed by atoms with E-state index in [4.69, 9.17) is 9.98 Å². The monoisotopic (exact) mass is 437 g/mol. The van der Waals surface area contributed by atoms with Crippen molar-refractivity contribution >= 4 is 46.7 Å². The Morgan fingerprint density at radius 1 is 0.588 bits per heavy atom. The summed E-state index contributed by atoms with van der Waals surface area (Å²) < 4.78 is 0. The summed E-state index contributed by atoms with van der Waals surface area (Å²) >= 11 is 0. The summed E-state index contributed by atoms with van der Waals surface area (Å²) in [7, 11) is 0. The largest absolute Gasteiger partial charge is 0.355 e. The number of rotatable bonds is 0. The molecule has 0 saturated heterocycles. The van der Waals surface area contributed by atoms with Gasteiger partial charge in [0.2, 0.25) is 0 Å². The molecule has 0 radical (unpaired) electrons. The third-order valence-corrected chi connectivity index (χ3v) is 6.06. The molecule has 5 heteroatoms. The van der Waals surface area contributed by atoms with Crippen LogP contribution >= 0.6 is 0 Å². The molecule has 7 rings (SSSR count). The van der Waals surface area contributed by atoms with E-state index in [1.54, 1.807) is 0 Å². The van der Waals surface area contributed by atoms with Gasteiger partial charge in [0.1, 0.15) is 0 Å². The summed E-state index contributed by atoms with van der Waals surface area (Å²) in [4.78, 5) is 17.8.